The quantitative estimate of drug-likeness (QED) is 0.877. The van der Waals surface area contributed by atoms with Gasteiger partial charge in [-0.3, -0.25) is 4.79 Å². The number of carbonyl (C=O) groups is 1. The zero-order chi connectivity index (χ0) is 12.8. The summed E-state index contributed by atoms with van der Waals surface area (Å²) in [5.74, 6) is 0.272. The first-order valence-electron chi connectivity index (χ1n) is 5.76. The highest BCUT2D eigenvalue weighted by molar-refractivity contribution is 9.10. The van der Waals surface area contributed by atoms with Gasteiger partial charge < -0.3 is 11.1 Å². The van der Waals surface area contributed by atoms with Crippen LogP contribution in [0.15, 0.2) is 28.7 Å². The number of benzene rings is 1. The summed E-state index contributed by atoms with van der Waals surface area (Å²) in [5, 5.41) is 2.82. The molecule has 0 fully saturated rings. The lowest BCUT2D eigenvalue weighted by atomic mass is 9.97. The molecule has 1 amide bonds. The van der Waals surface area contributed by atoms with Gasteiger partial charge >= 0.3 is 0 Å². The van der Waals surface area contributed by atoms with Crippen LogP contribution in [0.25, 0.3) is 0 Å². The van der Waals surface area contributed by atoms with E-state index >= 15 is 0 Å². The van der Waals surface area contributed by atoms with Crippen molar-refractivity contribution in [1.82, 2.24) is 5.32 Å². The third-order valence-electron chi connectivity index (χ3n) is 2.55. The first-order chi connectivity index (χ1) is 7.99. The molecule has 3 nitrogen and oxygen atoms in total. The van der Waals surface area contributed by atoms with Crippen LogP contribution >= 0.6 is 15.9 Å². The first kappa shape index (κ1) is 14.2. The molecular weight excluding hydrogens is 280 g/mol. The maximum Gasteiger partial charge on any atom is 0.220 e. The van der Waals surface area contributed by atoms with E-state index in [2.05, 4.69) is 28.2 Å². The van der Waals surface area contributed by atoms with Gasteiger partial charge in [-0.25, -0.2) is 0 Å². The van der Waals surface area contributed by atoms with E-state index in [1.54, 1.807) is 0 Å². The monoisotopic (exact) mass is 298 g/mol. The largest absolute Gasteiger partial charge is 0.355 e. The van der Waals surface area contributed by atoms with E-state index in [0.29, 0.717) is 13.0 Å². The van der Waals surface area contributed by atoms with E-state index in [1.165, 1.54) is 5.56 Å². The van der Waals surface area contributed by atoms with E-state index in [9.17, 15) is 4.79 Å². The number of amides is 1. The maximum atomic E-state index is 11.6. The zero-order valence-electron chi connectivity index (χ0n) is 10.2. The van der Waals surface area contributed by atoms with Gasteiger partial charge in [0.15, 0.2) is 0 Å². The molecule has 0 bridgehead atoms. The highest BCUT2D eigenvalue weighted by Crippen LogP contribution is 2.20. The predicted octanol–water partition coefficient (Wildman–Crippen LogP) is 2.41. The Kier molecular flexibility index (Phi) is 5.65. The van der Waals surface area contributed by atoms with Gasteiger partial charge in [0, 0.05) is 23.5 Å². The molecule has 0 radical (unpaired) electrons. The Balaban J connectivity index is 2.46. The zero-order valence-corrected chi connectivity index (χ0v) is 11.8. The van der Waals surface area contributed by atoms with Gasteiger partial charge in [0.05, 0.1) is 0 Å². The fourth-order valence-corrected chi connectivity index (χ4v) is 1.80. The van der Waals surface area contributed by atoms with Crippen LogP contribution in [-0.2, 0) is 4.79 Å². The Morgan fingerprint density at radius 1 is 1.35 bits per heavy atom. The van der Waals surface area contributed by atoms with Gasteiger partial charge in [-0.1, -0.05) is 35.0 Å². The molecule has 4 heteroatoms. The molecule has 1 aromatic rings. The lowest BCUT2D eigenvalue weighted by Crippen LogP contribution is -2.35. The van der Waals surface area contributed by atoms with Gasteiger partial charge in [0.1, 0.15) is 0 Å². The van der Waals surface area contributed by atoms with Gasteiger partial charge in [-0.15, -0.1) is 0 Å². The highest BCUT2D eigenvalue weighted by atomic mass is 79.9. The Hall–Kier alpha value is -0.870. The van der Waals surface area contributed by atoms with E-state index in [4.69, 9.17) is 5.73 Å². The van der Waals surface area contributed by atoms with Crippen molar-refractivity contribution >= 4 is 21.8 Å². The summed E-state index contributed by atoms with van der Waals surface area (Å²) < 4.78 is 1.05. The molecule has 0 aliphatic rings. The molecule has 94 valence electrons. The fraction of sp³-hybridized carbons (Fsp3) is 0.462. The fourth-order valence-electron chi connectivity index (χ4n) is 1.53. The second-order valence-electron chi connectivity index (χ2n) is 4.44. The topological polar surface area (TPSA) is 55.1 Å². The molecule has 3 N–H and O–H groups in total. The van der Waals surface area contributed by atoms with Crippen molar-refractivity contribution in [2.75, 3.05) is 6.54 Å². The van der Waals surface area contributed by atoms with Gasteiger partial charge in [0.2, 0.25) is 5.91 Å². The Morgan fingerprint density at radius 2 is 1.94 bits per heavy atom. The molecule has 1 rings (SSSR count). The summed E-state index contributed by atoms with van der Waals surface area (Å²) in [5.41, 5.74) is 6.75. The maximum absolute atomic E-state index is 11.6. The normalized spacial score (nSPS) is 14.1. The number of hydrogen-bond acceptors (Lipinski definition) is 2. The third kappa shape index (κ3) is 5.33. The number of halogens is 1. The van der Waals surface area contributed by atoms with E-state index in [0.717, 1.165) is 4.47 Å². The van der Waals surface area contributed by atoms with Crippen LogP contribution in [-0.4, -0.2) is 18.5 Å². The van der Waals surface area contributed by atoms with Gasteiger partial charge in [-0.05, 0) is 30.5 Å². The molecule has 0 saturated carbocycles. The highest BCUT2D eigenvalue weighted by Gasteiger charge is 2.11. The molecule has 1 aromatic carbocycles. The minimum atomic E-state index is 0.00179. The van der Waals surface area contributed by atoms with Crippen molar-refractivity contribution in [3.05, 3.63) is 34.3 Å². The molecule has 0 aliphatic heterocycles. The Bertz CT molecular complexity index is 362. The second-order valence-corrected chi connectivity index (χ2v) is 5.35. The standard InChI is InChI=1S/C13H19BrN2O/c1-9(7-13(17)16-8-10(2)15)11-3-5-12(14)6-4-11/h3-6,9-10H,7-8,15H2,1-2H3,(H,16,17). The third-order valence-corrected chi connectivity index (χ3v) is 3.08. The van der Waals surface area contributed by atoms with Crippen LogP contribution in [0, 0.1) is 0 Å². The summed E-state index contributed by atoms with van der Waals surface area (Å²) >= 11 is 3.39. The number of nitrogens with one attached hydrogen (secondary N) is 1. The van der Waals surface area contributed by atoms with Gasteiger partial charge in [0.25, 0.3) is 0 Å². The average Bonchev–Trinajstić information content (AvgIpc) is 2.27. The minimum absolute atomic E-state index is 0.00179. The van der Waals surface area contributed by atoms with Crippen molar-refractivity contribution in [1.29, 1.82) is 0 Å². The molecule has 0 aliphatic carbocycles. The van der Waals surface area contributed by atoms with Crippen LogP contribution in [0.2, 0.25) is 0 Å². The molecular formula is C13H19BrN2O. The average molecular weight is 299 g/mol. The summed E-state index contributed by atoms with van der Waals surface area (Å²) in [7, 11) is 0. The molecule has 17 heavy (non-hydrogen) atoms. The van der Waals surface area contributed by atoms with E-state index in [1.807, 2.05) is 31.2 Å². The van der Waals surface area contributed by atoms with Crippen molar-refractivity contribution in [3.8, 4) is 0 Å². The van der Waals surface area contributed by atoms with Crippen molar-refractivity contribution in [2.45, 2.75) is 32.2 Å². The summed E-state index contributed by atoms with van der Waals surface area (Å²) in [6.07, 6.45) is 0.494. The van der Waals surface area contributed by atoms with Crippen LogP contribution in [0.5, 0.6) is 0 Å². The van der Waals surface area contributed by atoms with Crippen molar-refractivity contribution in [2.24, 2.45) is 5.73 Å². The molecule has 2 unspecified atom stereocenters. The van der Waals surface area contributed by atoms with Gasteiger partial charge in [-0.2, -0.15) is 0 Å². The first-order valence-corrected chi connectivity index (χ1v) is 6.56. The number of nitrogens with two attached hydrogens (primary N) is 1. The SMILES string of the molecule is CC(N)CNC(=O)CC(C)c1ccc(Br)cc1. The lowest BCUT2D eigenvalue weighted by molar-refractivity contribution is -0.121. The molecule has 2 atom stereocenters. The number of rotatable bonds is 5. The molecule has 0 spiro atoms. The molecule has 0 aromatic heterocycles. The van der Waals surface area contributed by atoms with Crippen LogP contribution < -0.4 is 11.1 Å². The predicted molar refractivity (Wildman–Crippen MR) is 73.8 cm³/mol. The minimum Gasteiger partial charge on any atom is -0.355 e. The summed E-state index contributed by atoms with van der Waals surface area (Å²) in [6.45, 7) is 4.46. The molecule has 0 heterocycles. The number of carbonyl (C=O) groups excluding carboxylic acids is 1. The van der Waals surface area contributed by atoms with Crippen LogP contribution in [0.4, 0.5) is 0 Å². The Labute approximate surface area is 111 Å². The summed E-state index contributed by atoms with van der Waals surface area (Å²) in [6, 6.07) is 8.06. The van der Waals surface area contributed by atoms with E-state index in [-0.39, 0.29) is 17.9 Å². The smallest absolute Gasteiger partial charge is 0.220 e. The van der Waals surface area contributed by atoms with Crippen molar-refractivity contribution < 1.29 is 4.79 Å². The second kappa shape index (κ2) is 6.77. The van der Waals surface area contributed by atoms with Crippen molar-refractivity contribution in [3.63, 3.8) is 0 Å². The van der Waals surface area contributed by atoms with Crippen LogP contribution in [0.3, 0.4) is 0 Å². The lowest BCUT2D eigenvalue weighted by Gasteiger charge is -2.13. The van der Waals surface area contributed by atoms with Crippen LogP contribution in [0.1, 0.15) is 31.7 Å². The molecule has 0 saturated heterocycles. The summed E-state index contributed by atoms with van der Waals surface area (Å²) in [4.78, 5) is 11.6. The Morgan fingerprint density at radius 3 is 2.47 bits per heavy atom. The van der Waals surface area contributed by atoms with E-state index < -0.39 is 0 Å². The number of hydrogen-bond donors (Lipinski definition) is 2.